The second-order valence-corrected chi connectivity index (χ2v) is 13.0. The molecule has 0 amide bonds. The molecule has 0 radical (unpaired) electrons. The summed E-state index contributed by atoms with van der Waals surface area (Å²) in [7, 11) is 0. The van der Waals surface area contributed by atoms with Gasteiger partial charge in [0, 0.05) is 16.6 Å². The van der Waals surface area contributed by atoms with Crippen molar-refractivity contribution in [1.82, 2.24) is 10.1 Å². The third-order valence-corrected chi connectivity index (χ3v) is 8.07. The molecule has 2 saturated heterocycles. The van der Waals surface area contributed by atoms with E-state index >= 15 is 0 Å². The highest BCUT2D eigenvalue weighted by molar-refractivity contribution is 5.90. The Kier molecular flexibility index (Phi) is 6.84. The summed E-state index contributed by atoms with van der Waals surface area (Å²) >= 11 is 0. The standard InChI is InChI=1S/C30H44N2O3/c1-27(2)18-12-19-28(3,4)31(27)34-25(24-17-11-15-22-14-9-10-16-23(22)24)26(33)35-32-29(5,6)20-13-21-30(32,7)8/h9-11,14-17,25H,12-13,18-21H2,1-8H3. The molecule has 2 aliphatic rings. The molecule has 5 nitrogen and oxygen atoms in total. The molecule has 0 aliphatic carbocycles. The summed E-state index contributed by atoms with van der Waals surface area (Å²) in [5, 5.41) is 6.10. The van der Waals surface area contributed by atoms with E-state index in [4.69, 9.17) is 9.68 Å². The highest BCUT2D eigenvalue weighted by atomic mass is 16.8. The number of hydroxylamine groups is 4. The molecular weight excluding hydrogens is 436 g/mol. The lowest BCUT2D eigenvalue weighted by atomic mass is 9.82. The van der Waals surface area contributed by atoms with Gasteiger partial charge in [0.1, 0.15) is 0 Å². The molecule has 4 rings (SSSR count). The van der Waals surface area contributed by atoms with Crippen LogP contribution in [0, 0.1) is 0 Å². The molecule has 1 atom stereocenters. The number of fused-ring (bicyclic) bond motifs is 1. The van der Waals surface area contributed by atoms with Crippen LogP contribution in [0.3, 0.4) is 0 Å². The van der Waals surface area contributed by atoms with E-state index in [-0.39, 0.29) is 28.1 Å². The molecule has 2 fully saturated rings. The van der Waals surface area contributed by atoms with Crippen LogP contribution in [0.15, 0.2) is 42.5 Å². The van der Waals surface area contributed by atoms with E-state index in [2.05, 4.69) is 78.7 Å². The van der Waals surface area contributed by atoms with Crippen molar-refractivity contribution in [1.29, 1.82) is 0 Å². The van der Waals surface area contributed by atoms with Crippen LogP contribution < -0.4 is 0 Å². The maximum Gasteiger partial charge on any atom is 0.361 e. The van der Waals surface area contributed by atoms with Crippen molar-refractivity contribution < 1.29 is 14.5 Å². The molecule has 5 heteroatoms. The fourth-order valence-corrected chi connectivity index (χ4v) is 6.43. The molecule has 1 unspecified atom stereocenters. The monoisotopic (exact) mass is 480 g/mol. The Balaban J connectivity index is 1.76. The first kappa shape index (κ1) is 26.1. The average Bonchev–Trinajstić information content (AvgIpc) is 2.75. The Bertz CT molecular complexity index is 1030. The summed E-state index contributed by atoms with van der Waals surface area (Å²) in [6.45, 7) is 17.5. The van der Waals surface area contributed by atoms with Gasteiger partial charge in [-0.25, -0.2) is 4.79 Å². The van der Waals surface area contributed by atoms with Crippen LogP contribution >= 0.6 is 0 Å². The molecule has 0 spiro atoms. The molecular formula is C30H44N2O3. The predicted octanol–water partition coefficient (Wildman–Crippen LogP) is 7.36. The van der Waals surface area contributed by atoms with Crippen molar-refractivity contribution in [3.05, 3.63) is 48.0 Å². The van der Waals surface area contributed by atoms with Gasteiger partial charge in [0.15, 0.2) is 0 Å². The summed E-state index contributed by atoms with van der Waals surface area (Å²) in [5.41, 5.74) is -0.0458. The van der Waals surface area contributed by atoms with Crippen molar-refractivity contribution in [2.75, 3.05) is 0 Å². The van der Waals surface area contributed by atoms with Gasteiger partial charge in [-0.05, 0) is 105 Å². The zero-order valence-electron chi connectivity index (χ0n) is 23.0. The van der Waals surface area contributed by atoms with Crippen molar-refractivity contribution in [2.45, 2.75) is 122 Å². The van der Waals surface area contributed by atoms with Crippen LogP contribution in [0.1, 0.15) is 106 Å². The molecule has 2 aliphatic heterocycles. The lowest BCUT2D eigenvalue weighted by Crippen LogP contribution is -2.60. The number of rotatable bonds is 5. The Labute approximate surface area is 211 Å². The van der Waals surface area contributed by atoms with Gasteiger partial charge in [-0.1, -0.05) is 42.5 Å². The van der Waals surface area contributed by atoms with Crippen LogP contribution in [0.2, 0.25) is 0 Å². The van der Waals surface area contributed by atoms with Crippen molar-refractivity contribution in [2.24, 2.45) is 0 Å². The number of hydrogen-bond donors (Lipinski definition) is 0. The Morgan fingerprint density at radius 2 is 1.20 bits per heavy atom. The first-order valence-electron chi connectivity index (χ1n) is 13.2. The van der Waals surface area contributed by atoms with E-state index in [9.17, 15) is 4.79 Å². The first-order chi connectivity index (χ1) is 16.2. The number of benzene rings is 2. The fourth-order valence-electron chi connectivity index (χ4n) is 6.43. The van der Waals surface area contributed by atoms with Gasteiger partial charge in [0.25, 0.3) is 0 Å². The highest BCUT2D eigenvalue weighted by Gasteiger charge is 2.48. The van der Waals surface area contributed by atoms with Gasteiger partial charge >= 0.3 is 5.97 Å². The van der Waals surface area contributed by atoms with Gasteiger partial charge in [-0.15, -0.1) is 5.06 Å². The summed E-state index contributed by atoms with van der Waals surface area (Å²) in [4.78, 5) is 27.2. The Morgan fingerprint density at radius 3 is 1.77 bits per heavy atom. The van der Waals surface area contributed by atoms with Crippen LogP contribution in [0.25, 0.3) is 10.8 Å². The summed E-state index contributed by atoms with van der Waals surface area (Å²) in [6.07, 6.45) is 5.38. The van der Waals surface area contributed by atoms with Gasteiger partial charge in [-0.3, -0.25) is 4.84 Å². The third-order valence-electron chi connectivity index (χ3n) is 8.07. The number of nitrogens with zero attached hydrogens (tertiary/aromatic N) is 2. The summed E-state index contributed by atoms with van der Waals surface area (Å²) < 4.78 is 0. The average molecular weight is 481 g/mol. The van der Waals surface area contributed by atoms with E-state index in [0.29, 0.717) is 0 Å². The minimum absolute atomic E-state index is 0.200. The minimum atomic E-state index is -0.869. The second kappa shape index (κ2) is 9.17. The molecule has 192 valence electrons. The second-order valence-electron chi connectivity index (χ2n) is 13.0. The predicted molar refractivity (Wildman–Crippen MR) is 142 cm³/mol. The maximum atomic E-state index is 14.1. The van der Waals surface area contributed by atoms with Crippen LogP contribution in [0.4, 0.5) is 0 Å². The van der Waals surface area contributed by atoms with Crippen LogP contribution in [-0.4, -0.2) is 38.3 Å². The van der Waals surface area contributed by atoms with Crippen molar-refractivity contribution >= 4 is 16.7 Å². The van der Waals surface area contributed by atoms with Crippen molar-refractivity contribution in [3.63, 3.8) is 0 Å². The van der Waals surface area contributed by atoms with Gasteiger partial charge < -0.3 is 4.84 Å². The summed E-state index contributed by atoms with van der Waals surface area (Å²) in [6, 6.07) is 14.3. The molecule has 0 N–H and O–H groups in total. The highest BCUT2D eigenvalue weighted by Crippen LogP contribution is 2.43. The van der Waals surface area contributed by atoms with Gasteiger partial charge in [-0.2, -0.15) is 5.06 Å². The smallest absolute Gasteiger partial charge is 0.361 e. The molecule has 0 saturated carbocycles. The maximum absolute atomic E-state index is 14.1. The minimum Gasteiger partial charge on any atom is -0.364 e. The number of hydrogen-bond acceptors (Lipinski definition) is 5. The summed E-state index contributed by atoms with van der Waals surface area (Å²) in [5.74, 6) is -0.360. The quantitative estimate of drug-likeness (QED) is 0.447. The van der Waals surface area contributed by atoms with E-state index in [1.165, 1.54) is 0 Å². The lowest BCUT2D eigenvalue weighted by molar-refractivity contribution is -0.320. The van der Waals surface area contributed by atoms with E-state index < -0.39 is 6.10 Å². The zero-order chi connectivity index (χ0) is 25.6. The Morgan fingerprint density at radius 1 is 0.714 bits per heavy atom. The van der Waals surface area contributed by atoms with E-state index in [1.54, 1.807) is 0 Å². The van der Waals surface area contributed by atoms with E-state index in [0.717, 1.165) is 54.9 Å². The molecule has 35 heavy (non-hydrogen) atoms. The normalized spacial score (nSPS) is 24.7. The topological polar surface area (TPSA) is 42.0 Å². The van der Waals surface area contributed by atoms with Crippen LogP contribution in [-0.2, 0) is 14.5 Å². The fraction of sp³-hybridized carbons (Fsp3) is 0.633. The number of piperidine rings is 2. The molecule has 2 heterocycles. The Hall–Kier alpha value is -1.95. The van der Waals surface area contributed by atoms with E-state index in [1.807, 2.05) is 29.3 Å². The molecule has 2 aromatic rings. The van der Waals surface area contributed by atoms with Gasteiger partial charge in [0.2, 0.25) is 6.10 Å². The van der Waals surface area contributed by atoms with Crippen molar-refractivity contribution in [3.8, 4) is 0 Å². The SMILES string of the molecule is CC1(C)CCCC(C)(C)N1OC(=O)C(ON1C(C)(C)CCCC1(C)C)c1cccc2ccccc12. The number of carbonyl (C=O) groups excluding carboxylic acids is 1. The zero-order valence-corrected chi connectivity index (χ0v) is 23.0. The number of carbonyl (C=O) groups is 1. The van der Waals surface area contributed by atoms with Gasteiger partial charge in [0.05, 0.1) is 11.1 Å². The molecule has 0 aromatic heterocycles. The third kappa shape index (κ3) is 5.14. The molecule has 0 bridgehead atoms. The molecule has 2 aromatic carbocycles. The first-order valence-corrected chi connectivity index (χ1v) is 13.2. The van der Waals surface area contributed by atoms with Crippen LogP contribution in [0.5, 0.6) is 0 Å². The lowest BCUT2D eigenvalue weighted by Gasteiger charge is -2.53. The largest absolute Gasteiger partial charge is 0.364 e.